The van der Waals surface area contributed by atoms with Crippen LogP contribution in [0.4, 0.5) is 5.82 Å². The number of hydrogen-bond donors (Lipinski definition) is 0. The normalized spacial score (nSPS) is 25.5. The SMILES string of the molecule is C[C@@H]1N(c2cccc(C#N)n2)CCC12CCOCC2. The molecule has 4 heteroatoms. The first kappa shape index (κ1) is 12.4. The van der Waals surface area contributed by atoms with Crippen molar-refractivity contribution in [2.45, 2.75) is 32.2 Å². The van der Waals surface area contributed by atoms with Gasteiger partial charge in [-0.25, -0.2) is 4.98 Å². The van der Waals surface area contributed by atoms with Gasteiger partial charge in [0.05, 0.1) is 0 Å². The molecule has 1 aromatic heterocycles. The highest BCUT2D eigenvalue weighted by molar-refractivity contribution is 5.44. The third-order valence-corrected chi connectivity index (χ3v) is 4.84. The molecule has 0 bridgehead atoms. The summed E-state index contributed by atoms with van der Waals surface area (Å²) >= 11 is 0. The molecule has 2 fully saturated rings. The molecule has 0 N–H and O–H groups in total. The van der Waals surface area contributed by atoms with Gasteiger partial charge in [0.15, 0.2) is 0 Å². The van der Waals surface area contributed by atoms with Gasteiger partial charge in [-0.3, -0.25) is 0 Å². The average Bonchev–Trinajstić information content (AvgIpc) is 2.77. The van der Waals surface area contributed by atoms with Crippen molar-refractivity contribution in [3.63, 3.8) is 0 Å². The van der Waals surface area contributed by atoms with E-state index in [4.69, 9.17) is 10.00 Å². The fraction of sp³-hybridized carbons (Fsp3) is 0.600. The van der Waals surface area contributed by atoms with Gasteiger partial charge >= 0.3 is 0 Å². The zero-order valence-corrected chi connectivity index (χ0v) is 11.3. The highest BCUT2D eigenvalue weighted by atomic mass is 16.5. The standard InChI is InChI=1S/C15H19N3O/c1-12-15(6-9-19-10-7-15)5-8-18(12)14-4-2-3-13(11-16)17-14/h2-4,12H,5-10H2,1H3/t12-/m0/s1. The first-order valence-electron chi connectivity index (χ1n) is 6.97. The van der Waals surface area contributed by atoms with E-state index >= 15 is 0 Å². The van der Waals surface area contributed by atoms with Gasteiger partial charge in [0, 0.05) is 25.8 Å². The first-order valence-corrected chi connectivity index (χ1v) is 6.97. The number of nitrogens with zero attached hydrogens (tertiary/aromatic N) is 3. The monoisotopic (exact) mass is 257 g/mol. The van der Waals surface area contributed by atoms with Crippen LogP contribution in [-0.4, -0.2) is 30.8 Å². The Morgan fingerprint density at radius 2 is 2.16 bits per heavy atom. The Bertz CT molecular complexity index is 502. The number of anilines is 1. The molecule has 3 heterocycles. The Hall–Kier alpha value is -1.60. The topological polar surface area (TPSA) is 49.2 Å². The summed E-state index contributed by atoms with van der Waals surface area (Å²) in [6.45, 7) is 5.08. The van der Waals surface area contributed by atoms with Crippen molar-refractivity contribution in [2.75, 3.05) is 24.7 Å². The number of ether oxygens (including phenoxy) is 1. The molecular weight excluding hydrogens is 238 g/mol. The molecule has 19 heavy (non-hydrogen) atoms. The maximum absolute atomic E-state index is 8.97. The summed E-state index contributed by atoms with van der Waals surface area (Å²) in [5.74, 6) is 0.940. The van der Waals surface area contributed by atoms with E-state index in [0.717, 1.165) is 38.4 Å². The molecule has 0 radical (unpaired) electrons. The largest absolute Gasteiger partial charge is 0.381 e. The van der Waals surface area contributed by atoms with Gasteiger partial charge in [-0.05, 0) is 43.7 Å². The average molecular weight is 257 g/mol. The zero-order chi connectivity index (χ0) is 13.3. The molecule has 2 aliphatic heterocycles. The molecule has 0 saturated carbocycles. The first-order chi connectivity index (χ1) is 9.25. The second kappa shape index (κ2) is 4.82. The lowest BCUT2D eigenvalue weighted by Gasteiger charge is -2.39. The Morgan fingerprint density at radius 1 is 1.37 bits per heavy atom. The van der Waals surface area contributed by atoms with E-state index in [1.54, 1.807) is 6.07 Å². The second-order valence-electron chi connectivity index (χ2n) is 5.59. The predicted molar refractivity (Wildman–Crippen MR) is 72.9 cm³/mol. The molecular formula is C15H19N3O. The Morgan fingerprint density at radius 3 is 2.89 bits per heavy atom. The molecule has 2 aliphatic rings. The molecule has 1 aromatic rings. The van der Waals surface area contributed by atoms with Gasteiger partial charge in [-0.1, -0.05) is 6.07 Å². The van der Waals surface area contributed by atoms with Crippen LogP contribution in [-0.2, 0) is 4.74 Å². The Labute approximate surface area is 114 Å². The fourth-order valence-electron chi connectivity index (χ4n) is 3.48. The van der Waals surface area contributed by atoms with Crippen LogP contribution >= 0.6 is 0 Å². The Balaban J connectivity index is 1.85. The van der Waals surface area contributed by atoms with Crippen LogP contribution in [0.1, 0.15) is 31.9 Å². The minimum Gasteiger partial charge on any atom is -0.381 e. The predicted octanol–water partition coefficient (Wildman–Crippen LogP) is 2.35. The number of aromatic nitrogens is 1. The maximum atomic E-state index is 8.97. The van der Waals surface area contributed by atoms with E-state index in [9.17, 15) is 0 Å². The minimum absolute atomic E-state index is 0.378. The van der Waals surface area contributed by atoms with Crippen LogP contribution in [0, 0.1) is 16.7 Å². The summed E-state index contributed by atoms with van der Waals surface area (Å²) in [5.41, 5.74) is 0.875. The summed E-state index contributed by atoms with van der Waals surface area (Å²) < 4.78 is 5.50. The van der Waals surface area contributed by atoms with Crippen LogP contribution in [0.5, 0.6) is 0 Å². The molecule has 100 valence electrons. The molecule has 1 atom stereocenters. The number of hydrogen-bond acceptors (Lipinski definition) is 4. The van der Waals surface area contributed by atoms with Crippen molar-refractivity contribution >= 4 is 5.82 Å². The zero-order valence-electron chi connectivity index (χ0n) is 11.3. The minimum atomic E-state index is 0.378. The quantitative estimate of drug-likeness (QED) is 0.775. The van der Waals surface area contributed by atoms with Gasteiger partial charge in [0.1, 0.15) is 17.6 Å². The molecule has 4 nitrogen and oxygen atoms in total. The van der Waals surface area contributed by atoms with E-state index in [-0.39, 0.29) is 0 Å². The molecule has 0 aliphatic carbocycles. The summed E-state index contributed by atoms with van der Waals surface area (Å²) in [4.78, 5) is 6.79. The molecule has 3 rings (SSSR count). The van der Waals surface area contributed by atoms with E-state index in [1.807, 2.05) is 12.1 Å². The third-order valence-electron chi connectivity index (χ3n) is 4.84. The molecule has 0 amide bonds. The van der Waals surface area contributed by atoms with E-state index in [0.29, 0.717) is 17.2 Å². The van der Waals surface area contributed by atoms with Crippen LogP contribution in [0.3, 0.4) is 0 Å². The van der Waals surface area contributed by atoms with Gasteiger partial charge < -0.3 is 9.64 Å². The van der Waals surface area contributed by atoms with Crippen molar-refractivity contribution < 1.29 is 4.74 Å². The number of nitriles is 1. The molecule has 1 spiro atoms. The lowest BCUT2D eigenvalue weighted by Crippen LogP contribution is -2.41. The molecule has 0 aromatic carbocycles. The van der Waals surface area contributed by atoms with Gasteiger partial charge in [-0.15, -0.1) is 0 Å². The highest BCUT2D eigenvalue weighted by Gasteiger charge is 2.45. The summed E-state index contributed by atoms with van der Waals surface area (Å²) in [6, 6.07) is 8.28. The van der Waals surface area contributed by atoms with Crippen LogP contribution in [0.25, 0.3) is 0 Å². The van der Waals surface area contributed by atoms with E-state index in [1.165, 1.54) is 6.42 Å². The molecule has 2 saturated heterocycles. The van der Waals surface area contributed by atoms with Crippen molar-refractivity contribution in [1.82, 2.24) is 4.98 Å². The fourth-order valence-corrected chi connectivity index (χ4v) is 3.48. The number of rotatable bonds is 1. The van der Waals surface area contributed by atoms with Gasteiger partial charge in [-0.2, -0.15) is 5.26 Å². The van der Waals surface area contributed by atoms with Crippen molar-refractivity contribution in [3.8, 4) is 6.07 Å². The van der Waals surface area contributed by atoms with Crippen LogP contribution in [0.2, 0.25) is 0 Å². The molecule has 0 unspecified atom stereocenters. The lowest BCUT2D eigenvalue weighted by atomic mass is 9.74. The van der Waals surface area contributed by atoms with E-state index in [2.05, 4.69) is 22.9 Å². The summed E-state index contributed by atoms with van der Waals surface area (Å²) in [5, 5.41) is 8.97. The smallest absolute Gasteiger partial charge is 0.142 e. The van der Waals surface area contributed by atoms with Crippen LogP contribution < -0.4 is 4.90 Å². The van der Waals surface area contributed by atoms with E-state index < -0.39 is 0 Å². The lowest BCUT2D eigenvalue weighted by molar-refractivity contribution is 0.0128. The van der Waals surface area contributed by atoms with Gasteiger partial charge in [0.2, 0.25) is 0 Å². The Kier molecular flexibility index (Phi) is 3.16. The number of pyridine rings is 1. The summed E-state index contributed by atoms with van der Waals surface area (Å²) in [7, 11) is 0. The third kappa shape index (κ3) is 2.08. The highest BCUT2D eigenvalue weighted by Crippen LogP contribution is 2.45. The van der Waals surface area contributed by atoms with Crippen molar-refractivity contribution in [3.05, 3.63) is 23.9 Å². The second-order valence-corrected chi connectivity index (χ2v) is 5.59. The van der Waals surface area contributed by atoms with Gasteiger partial charge in [0.25, 0.3) is 0 Å². The summed E-state index contributed by atoms with van der Waals surface area (Å²) in [6.07, 6.45) is 3.49. The van der Waals surface area contributed by atoms with Crippen molar-refractivity contribution in [1.29, 1.82) is 5.26 Å². The van der Waals surface area contributed by atoms with Crippen molar-refractivity contribution in [2.24, 2.45) is 5.41 Å². The van der Waals surface area contributed by atoms with Crippen LogP contribution in [0.15, 0.2) is 18.2 Å². The maximum Gasteiger partial charge on any atom is 0.142 e.